The summed E-state index contributed by atoms with van der Waals surface area (Å²) in [6.45, 7) is 15.0. The molecule has 88 valence electrons. The Morgan fingerprint density at radius 2 is 1.47 bits per heavy atom. The number of hydrogen-bond donors (Lipinski definition) is 0. The Morgan fingerprint density at radius 3 is 2.00 bits per heavy atom. The van der Waals surface area contributed by atoms with Crippen molar-refractivity contribution < 1.29 is 0 Å². The smallest absolute Gasteiger partial charge is 0.0243 e. The second kappa shape index (κ2) is 3.50. The summed E-state index contributed by atoms with van der Waals surface area (Å²) in [5, 5.41) is 0. The van der Waals surface area contributed by atoms with Gasteiger partial charge in [-0.05, 0) is 53.8 Å². The van der Waals surface area contributed by atoms with Crippen molar-refractivity contribution in [1.29, 1.82) is 0 Å². The van der Waals surface area contributed by atoms with Crippen LogP contribution in [0.2, 0.25) is 0 Å². The standard InChI is InChI=1S/C15H28/c1-9-7-14-8-10(2)15(14,6)13(5)12(4)11(9)3/h9-14H,7-8H2,1-6H3. The van der Waals surface area contributed by atoms with Crippen molar-refractivity contribution in [2.45, 2.75) is 54.4 Å². The van der Waals surface area contributed by atoms with Crippen LogP contribution < -0.4 is 0 Å². The third-order valence-electron chi connectivity index (χ3n) is 6.73. The van der Waals surface area contributed by atoms with Gasteiger partial charge >= 0.3 is 0 Å². The minimum Gasteiger partial charge on any atom is -0.0622 e. The van der Waals surface area contributed by atoms with Crippen molar-refractivity contribution in [3.05, 3.63) is 0 Å². The molecule has 2 aliphatic carbocycles. The molecule has 0 aromatic heterocycles. The third kappa shape index (κ3) is 1.40. The van der Waals surface area contributed by atoms with Gasteiger partial charge in [0.05, 0.1) is 0 Å². The Balaban J connectivity index is 2.28. The predicted molar refractivity (Wildman–Crippen MR) is 66.7 cm³/mol. The van der Waals surface area contributed by atoms with Crippen LogP contribution in [0.4, 0.5) is 0 Å². The summed E-state index contributed by atoms with van der Waals surface area (Å²) in [7, 11) is 0. The quantitative estimate of drug-likeness (QED) is 0.546. The maximum Gasteiger partial charge on any atom is -0.0243 e. The minimum absolute atomic E-state index is 0.651. The molecule has 0 aliphatic heterocycles. The van der Waals surface area contributed by atoms with Crippen LogP contribution in [0, 0.1) is 40.9 Å². The molecule has 0 aromatic carbocycles. The van der Waals surface area contributed by atoms with E-state index < -0.39 is 0 Å². The van der Waals surface area contributed by atoms with Crippen LogP contribution in [0.5, 0.6) is 0 Å². The fourth-order valence-corrected chi connectivity index (χ4v) is 4.55. The lowest BCUT2D eigenvalue weighted by Crippen LogP contribution is -2.50. The average Bonchev–Trinajstić information content (AvgIpc) is 2.26. The van der Waals surface area contributed by atoms with E-state index in [-0.39, 0.29) is 0 Å². The summed E-state index contributed by atoms with van der Waals surface area (Å²) in [6, 6.07) is 0. The molecule has 0 nitrogen and oxygen atoms in total. The van der Waals surface area contributed by atoms with E-state index in [1.807, 2.05) is 0 Å². The molecule has 0 spiro atoms. The highest BCUT2D eigenvalue weighted by Crippen LogP contribution is 2.63. The van der Waals surface area contributed by atoms with Crippen LogP contribution in [0.15, 0.2) is 0 Å². The second-order valence-electron chi connectivity index (χ2n) is 6.92. The van der Waals surface area contributed by atoms with E-state index >= 15 is 0 Å². The zero-order chi connectivity index (χ0) is 11.4. The van der Waals surface area contributed by atoms with Crippen molar-refractivity contribution in [2.75, 3.05) is 0 Å². The van der Waals surface area contributed by atoms with Crippen LogP contribution in [0.25, 0.3) is 0 Å². The molecule has 0 amide bonds. The van der Waals surface area contributed by atoms with E-state index in [1.165, 1.54) is 12.8 Å². The lowest BCUT2D eigenvalue weighted by atomic mass is 9.48. The molecular formula is C15H28. The van der Waals surface area contributed by atoms with E-state index in [2.05, 4.69) is 41.5 Å². The molecule has 0 N–H and O–H groups in total. The van der Waals surface area contributed by atoms with Crippen LogP contribution in [-0.4, -0.2) is 0 Å². The van der Waals surface area contributed by atoms with Crippen molar-refractivity contribution in [3.8, 4) is 0 Å². The summed E-state index contributed by atoms with van der Waals surface area (Å²) in [5.74, 6) is 5.63. The van der Waals surface area contributed by atoms with Gasteiger partial charge in [0.2, 0.25) is 0 Å². The molecule has 2 aliphatic rings. The summed E-state index contributed by atoms with van der Waals surface area (Å²) >= 11 is 0. The summed E-state index contributed by atoms with van der Waals surface area (Å²) in [5.41, 5.74) is 0.651. The molecule has 7 unspecified atom stereocenters. The lowest BCUT2D eigenvalue weighted by molar-refractivity contribution is -0.0846. The van der Waals surface area contributed by atoms with Crippen molar-refractivity contribution in [3.63, 3.8) is 0 Å². The van der Waals surface area contributed by atoms with E-state index in [4.69, 9.17) is 0 Å². The monoisotopic (exact) mass is 208 g/mol. The number of fused-ring (bicyclic) bond motifs is 1. The lowest BCUT2D eigenvalue weighted by Gasteiger charge is -2.57. The molecule has 15 heavy (non-hydrogen) atoms. The van der Waals surface area contributed by atoms with Gasteiger partial charge in [-0.1, -0.05) is 41.5 Å². The van der Waals surface area contributed by atoms with Gasteiger partial charge in [-0.25, -0.2) is 0 Å². The number of hydrogen-bond acceptors (Lipinski definition) is 0. The Hall–Kier alpha value is 0. The van der Waals surface area contributed by atoms with Crippen LogP contribution in [0.3, 0.4) is 0 Å². The van der Waals surface area contributed by atoms with Gasteiger partial charge in [0.15, 0.2) is 0 Å². The highest BCUT2D eigenvalue weighted by atomic mass is 14.6. The summed E-state index contributed by atoms with van der Waals surface area (Å²) in [6.07, 6.45) is 2.97. The van der Waals surface area contributed by atoms with Crippen molar-refractivity contribution >= 4 is 0 Å². The fraction of sp³-hybridized carbons (Fsp3) is 1.00. The highest BCUT2D eigenvalue weighted by molar-refractivity contribution is 5.04. The largest absolute Gasteiger partial charge is 0.0622 e. The molecule has 0 radical (unpaired) electrons. The molecule has 0 heteroatoms. The topological polar surface area (TPSA) is 0 Å². The highest BCUT2D eigenvalue weighted by Gasteiger charge is 2.55. The first-order valence-corrected chi connectivity index (χ1v) is 6.89. The van der Waals surface area contributed by atoms with E-state index in [1.54, 1.807) is 0 Å². The van der Waals surface area contributed by atoms with Crippen LogP contribution in [0.1, 0.15) is 54.4 Å². The molecule has 7 atom stereocenters. The van der Waals surface area contributed by atoms with Crippen LogP contribution in [-0.2, 0) is 0 Å². The zero-order valence-corrected chi connectivity index (χ0v) is 11.4. The molecule has 0 bridgehead atoms. The normalized spacial score (nSPS) is 60.4. The molecular weight excluding hydrogens is 180 g/mol. The van der Waals surface area contributed by atoms with E-state index in [0.717, 1.165) is 35.5 Å². The van der Waals surface area contributed by atoms with Gasteiger partial charge in [-0.2, -0.15) is 0 Å². The van der Waals surface area contributed by atoms with Gasteiger partial charge in [-0.15, -0.1) is 0 Å². The SMILES string of the molecule is CC1CC2CC(C)C2(C)C(C)C(C)C1C. The maximum atomic E-state index is 2.57. The summed E-state index contributed by atoms with van der Waals surface area (Å²) in [4.78, 5) is 0. The second-order valence-corrected chi connectivity index (χ2v) is 6.92. The fourth-order valence-electron chi connectivity index (χ4n) is 4.55. The van der Waals surface area contributed by atoms with Gasteiger partial charge in [0.25, 0.3) is 0 Å². The first-order valence-electron chi connectivity index (χ1n) is 6.89. The number of rotatable bonds is 0. The van der Waals surface area contributed by atoms with E-state index in [0.29, 0.717) is 5.41 Å². The summed E-state index contributed by atoms with van der Waals surface area (Å²) < 4.78 is 0. The van der Waals surface area contributed by atoms with Crippen molar-refractivity contribution in [1.82, 2.24) is 0 Å². The molecule has 2 fully saturated rings. The Labute approximate surface area is 95.8 Å². The van der Waals surface area contributed by atoms with Crippen LogP contribution >= 0.6 is 0 Å². The first-order chi connectivity index (χ1) is 6.89. The Bertz CT molecular complexity index is 244. The van der Waals surface area contributed by atoms with Gasteiger partial charge in [0.1, 0.15) is 0 Å². The van der Waals surface area contributed by atoms with Gasteiger partial charge < -0.3 is 0 Å². The average molecular weight is 208 g/mol. The van der Waals surface area contributed by atoms with E-state index in [9.17, 15) is 0 Å². The molecule has 0 heterocycles. The van der Waals surface area contributed by atoms with Gasteiger partial charge in [0, 0.05) is 0 Å². The molecule has 2 rings (SSSR count). The minimum atomic E-state index is 0.651. The Morgan fingerprint density at radius 1 is 0.867 bits per heavy atom. The first kappa shape index (κ1) is 11.5. The third-order valence-corrected chi connectivity index (χ3v) is 6.73. The zero-order valence-electron chi connectivity index (χ0n) is 11.4. The molecule has 0 aromatic rings. The Kier molecular flexibility index (Phi) is 2.68. The molecule has 0 saturated heterocycles. The predicted octanol–water partition coefficient (Wildman–Crippen LogP) is 4.60. The van der Waals surface area contributed by atoms with Gasteiger partial charge in [-0.3, -0.25) is 0 Å². The maximum absolute atomic E-state index is 2.57. The van der Waals surface area contributed by atoms with Crippen molar-refractivity contribution in [2.24, 2.45) is 40.9 Å². The molecule has 2 saturated carbocycles.